The maximum Gasteiger partial charge on any atom is 0.229 e. The molecule has 0 aliphatic carbocycles. The van der Waals surface area contributed by atoms with Crippen LogP contribution in [0, 0.1) is 0 Å². The molecule has 0 bridgehead atoms. The molecule has 0 aromatic heterocycles. The molecule has 1 aromatic carbocycles. The van der Waals surface area contributed by atoms with Gasteiger partial charge in [0.05, 0.1) is 11.9 Å². The maximum atomic E-state index is 11.1. The number of halogens is 1. The van der Waals surface area contributed by atoms with Crippen molar-refractivity contribution < 1.29 is 23.4 Å². The number of aliphatic hydroxyl groups excluding tert-OH is 1. The molecule has 0 radical (unpaired) electrons. The summed E-state index contributed by atoms with van der Waals surface area (Å²) in [6, 6.07) is 4.19. The molecule has 0 fully saturated rings. The van der Waals surface area contributed by atoms with Crippen molar-refractivity contribution in [2.24, 2.45) is 0 Å². The molecule has 1 aromatic rings. The quantitative estimate of drug-likeness (QED) is 0.540. The number of sulfonamides is 1. The second kappa shape index (κ2) is 8.58. The largest absolute Gasteiger partial charge is 0.506 e. The van der Waals surface area contributed by atoms with Gasteiger partial charge >= 0.3 is 0 Å². The van der Waals surface area contributed by atoms with Gasteiger partial charge in [0.15, 0.2) is 0 Å². The van der Waals surface area contributed by atoms with Gasteiger partial charge in [-0.05, 0) is 32.9 Å². The molecule has 0 saturated carbocycles. The van der Waals surface area contributed by atoms with Gasteiger partial charge in [-0.3, -0.25) is 4.72 Å². The summed E-state index contributed by atoms with van der Waals surface area (Å²) in [6.45, 7) is 6.41. The summed E-state index contributed by atoms with van der Waals surface area (Å²) >= 11 is 0. The fourth-order valence-corrected chi connectivity index (χ4v) is 2.13. The fraction of sp³-hybridized carbons (Fsp3) is 0.571. The fourth-order valence-electron chi connectivity index (χ4n) is 1.56. The summed E-state index contributed by atoms with van der Waals surface area (Å²) in [5.41, 5.74) is -0.0251. The molecule has 23 heavy (non-hydrogen) atoms. The minimum atomic E-state index is -3.46. The summed E-state index contributed by atoms with van der Waals surface area (Å²) in [4.78, 5) is 0. The van der Waals surface area contributed by atoms with Gasteiger partial charge in [0.2, 0.25) is 10.0 Å². The Morgan fingerprint density at radius 1 is 1.30 bits per heavy atom. The van der Waals surface area contributed by atoms with E-state index in [4.69, 9.17) is 4.74 Å². The zero-order valence-electron chi connectivity index (χ0n) is 13.7. The first-order valence-corrected chi connectivity index (χ1v) is 8.72. The van der Waals surface area contributed by atoms with Crippen LogP contribution in [-0.4, -0.2) is 49.7 Å². The van der Waals surface area contributed by atoms with Gasteiger partial charge in [-0.2, -0.15) is 0 Å². The van der Waals surface area contributed by atoms with Gasteiger partial charge in [-0.1, -0.05) is 0 Å². The average molecular weight is 369 g/mol. The number of phenols is 1. The van der Waals surface area contributed by atoms with E-state index in [1.807, 2.05) is 20.8 Å². The predicted octanol–water partition coefficient (Wildman–Crippen LogP) is 1.31. The van der Waals surface area contributed by atoms with Crippen molar-refractivity contribution in [3.8, 4) is 11.5 Å². The zero-order valence-corrected chi connectivity index (χ0v) is 15.3. The number of phenolic OH excluding ortho intramolecular Hbond substituents is 1. The van der Waals surface area contributed by atoms with Crippen molar-refractivity contribution in [1.29, 1.82) is 0 Å². The third-order valence-corrected chi connectivity index (χ3v) is 3.17. The normalized spacial score (nSPS) is 13.1. The standard InChI is InChI=1S/C14H24N2O5S.ClH/c1-14(2,3)15-8-10(17)9-21-11-5-6-12(13(18)7-11)16-22(4,19)20;/h5-7,10,15-18H,8-9H2,1-4H3;1H. The SMILES string of the molecule is CC(C)(C)NCC(O)COc1ccc(NS(C)(=O)=O)c(O)c1.Cl. The second-order valence-corrected chi connectivity index (χ2v) is 7.90. The van der Waals surface area contributed by atoms with Crippen LogP contribution < -0.4 is 14.8 Å². The van der Waals surface area contributed by atoms with Crippen LogP contribution in [0.5, 0.6) is 11.5 Å². The first-order valence-electron chi connectivity index (χ1n) is 6.83. The van der Waals surface area contributed by atoms with Crippen molar-refractivity contribution in [3.05, 3.63) is 18.2 Å². The smallest absolute Gasteiger partial charge is 0.229 e. The molecule has 0 heterocycles. The Kier molecular flexibility index (Phi) is 8.13. The van der Waals surface area contributed by atoms with Crippen LogP contribution in [0.4, 0.5) is 5.69 Å². The highest BCUT2D eigenvalue weighted by Crippen LogP contribution is 2.28. The molecular weight excluding hydrogens is 344 g/mol. The van der Waals surface area contributed by atoms with Crippen LogP contribution in [0.2, 0.25) is 0 Å². The Bertz CT molecular complexity index is 602. The number of benzene rings is 1. The molecule has 0 saturated heterocycles. The van der Waals surface area contributed by atoms with Crippen LogP contribution in [0.1, 0.15) is 20.8 Å². The van der Waals surface area contributed by atoms with Crippen LogP contribution in [0.3, 0.4) is 0 Å². The lowest BCUT2D eigenvalue weighted by Gasteiger charge is -2.23. The highest BCUT2D eigenvalue weighted by molar-refractivity contribution is 7.92. The number of aliphatic hydroxyl groups is 1. The van der Waals surface area contributed by atoms with Gasteiger partial charge in [-0.15, -0.1) is 12.4 Å². The number of aromatic hydroxyl groups is 1. The molecule has 0 amide bonds. The van der Waals surface area contributed by atoms with Crippen LogP contribution in [0.25, 0.3) is 0 Å². The molecular formula is C14H25ClN2O5S. The van der Waals surface area contributed by atoms with Gasteiger partial charge in [0.1, 0.15) is 24.2 Å². The lowest BCUT2D eigenvalue weighted by Crippen LogP contribution is -2.42. The van der Waals surface area contributed by atoms with E-state index in [2.05, 4.69) is 10.0 Å². The van der Waals surface area contributed by atoms with E-state index in [1.165, 1.54) is 18.2 Å². The first-order chi connectivity index (χ1) is 9.96. The minimum absolute atomic E-state index is 0. The number of β-amino-alcohol motifs (C(OH)–C–C–N with tert-alkyl or cyclic N) is 1. The molecule has 1 rings (SSSR count). The van der Waals surface area contributed by atoms with Crippen molar-refractivity contribution >= 4 is 28.1 Å². The number of hydrogen-bond acceptors (Lipinski definition) is 6. The first kappa shape index (κ1) is 21.8. The maximum absolute atomic E-state index is 11.1. The molecule has 7 nitrogen and oxygen atoms in total. The van der Waals surface area contributed by atoms with E-state index in [9.17, 15) is 18.6 Å². The van der Waals surface area contributed by atoms with Crippen molar-refractivity contribution in [3.63, 3.8) is 0 Å². The third kappa shape index (κ3) is 9.50. The molecule has 0 aliphatic rings. The number of nitrogens with one attached hydrogen (secondary N) is 2. The van der Waals surface area contributed by atoms with E-state index >= 15 is 0 Å². The molecule has 1 unspecified atom stereocenters. The second-order valence-electron chi connectivity index (χ2n) is 6.15. The van der Waals surface area contributed by atoms with Crippen LogP contribution >= 0.6 is 12.4 Å². The van der Waals surface area contributed by atoms with E-state index in [-0.39, 0.29) is 36.0 Å². The zero-order chi connectivity index (χ0) is 17.0. The number of ether oxygens (including phenoxy) is 1. The number of hydrogen-bond donors (Lipinski definition) is 4. The number of rotatable bonds is 7. The van der Waals surface area contributed by atoms with E-state index in [0.29, 0.717) is 12.3 Å². The van der Waals surface area contributed by atoms with Gasteiger partial charge in [0, 0.05) is 18.2 Å². The Morgan fingerprint density at radius 3 is 2.39 bits per heavy atom. The molecule has 1 atom stereocenters. The van der Waals surface area contributed by atoms with Gasteiger partial charge in [0.25, 0.3) is 0 Å². The Balaban J connectivity index is 0.00000484. The number of anilines is 1. The van der Waals surface area contributed by atoms with E-state index in [0.717, 1.165) is 6.26 Å². The lowest BCUT2D eigenvalue weighted by atomic mass is 10.1. The molecule has 4 N–H and O–H groups in total. The average Bonchev–Trinajstić information content (AvgIpc) is 2.34. The predicted molar refractivity (Wildman–Crippen MR) is 93.1 cm³/mol. The van der Waals surface area contributed by atoms with Crippen LogP contribution in [-0.2, 0) is 10.0 Å². The highest BCUT2D eigenvalue weighted by Gasteiger charge is 2.13. The van der Waals surface area contributed by atoms with Gasteiger partial charge in [-0.25, -0.2) is 8.42 Å². The van der Waals surface area contributed by atoms with Crippen molar-refractivity contribution in [2.75, 3.05) is 24.1 Å². The topological polar surface area (TPSA) is 108 Å². The monoisotopic (exact) mass is 368 g/mol. The summed E-state index contributed by atoms with van der Waals surface area (Å²) in [5.74, 6) is 0.0941. The summed E-state index contributed by atoms with van der Waals surface area (Å²) in [7, 11) is -3.46. The summed E-state index contributed by atoms with van der Waals surface area (Å²) < 4.78 is 29.8. The van der Waals surface area contributed by atoms with Gasteiger partial charge < -0.3 is 20.3 Å². The molecule has 0 spiro atoms. The molecule has 0 aliphatic heterocycles. The third-order valence-electron chi connectivity index (χ3n) is 2.57. The lowest BCUT2D eigenvalue weighted by molar-refractivity contribution is 0.0999. The highest BCUT2D eigenvalue weighted by atomic mass is 35.5. The Labute approximate surface area is 143 Å². The molecule has 134 valence electrons. The van der Waals surface area contributed by atoms with E-state index in [1.54, 1.807) is 0 Å². The molecule has 9 heteroatoms. The van der Waals surface area contributed by atoms with Crippen molar-refractivity contribution in [1.82, 2.24) is 5.32 Å². The Hall–Kier alpha value is -1.22. The van der Waals surface area contributed by atoms with E-state index < -0.39 is 16.1 Å². The van der Waals surface area contributed by atoms with Crippen molar-refractivity contribution in [2.45, 2.75) is 32.4 Å². The Morgan fingerprint density at radius 2 is 1.91 bits per heavy atom. The summed E-state index contributed by atoms with van der Waals surface area (Å²) in [5, 5.41) is 22.7. The minimum Gasteiger partial charge on any atom is -0.506 e. The van der Waals surface area contributed by atoms with Crippen LogP contribution in [0.15, 0.2) is 18.2 Å². The summed E-state index contributed by atoms with van der Waals surface area (Å²) in [6.07, 6.45) is 0.297.